The summed E-state index contributed by atoms with van der Waals surface area (Å²) in [5, 5.41) is 11.1. The molecule has 1 aliphatic carbocycles. The molecule has 2 aromatic carbocycles. The van der Waals surface area contributed by atoms with Crippen LogP contribution in [0.4, 0.5) is 0 Å². The van der Waals surface area contributed by atoms with Gasteiger partial charge < -0.3 is 0 Å². The lowest BCUT2D eigenvalue weighted by atomic mass is 9.98. The summed E-state index contributed by atoms with van der Waals surface area (Å²) in [6.07, 6.45) is 4.71. The molecular formula is C20H20N4. The van der Waals surface area contributed by atoms with Gasteiger partial charge in [0, 0.05) is 13.1 Å². The molecular weight excluding hydrogens is 296 g/mol. The number of nitrogens with one attached hydrogen (secondary N) is 1. The van der Waals surface area contributed by atoms with Crippen molar-refractivity contribution in [2.45, 2.75) is 18.8 Å². The van der Waals surface area contributed by atoms with Crippen LogP contribution in [-0.2, 0) is 6.42 Å². The molecule has 1 N–H and O–H groups in total. The van der Waals surface area contributed by atoms with E-state index < -0.39 is 0 Å². The van der Waals surface area contributed by atoms with Crippen LogP contribution in [0.1, 0.15) is 29.0 Å². The summed E-state index contributed by atoms with van der Waals surface area (Å²) < 4.78 is 0. The molecule has 0 amide bonds. The van der Waals surface area contributed by atoms with Crippen LogP contribution in [0.5, 0.6) is 0 Å². The number of fused-ring (bicyclic) bond motifs is 2. The average Bonchev–Trinajstić information content (AvgIpc) is 3.34. The minimum Gasteiger partial charge on any atom is -0.298 e. The van der Waals surface area contributed by atoms with E-state index in [-0.39, 0.29) is 0 Å². The molecule has 1 saturated heterocycles. The zero-order valence-electron chi connectivity index (χ0n) is 13.6. The highest BCUT2D eigenvalue weighted by molar-refractivity contribution is 5.75. The SMILES string of the molecule is C1=C(CN2CCC(c3ccc4n[nH]nc4c3)C2)c2ccccc2C1. The molecule has 24 heavy (non-hydrogen) atoms. The first-order chi connectivity index (χ1) is 11.9. The minimum absolute atomic E-state index is 0.600. The Morgan fingerprint density at radius 3 is 3.00 bits per heavy atom. The smallest absolute Gasteiger partial charge is 0.113 e. The Morgan fingerprint density at radius 2 is 2.00 bits per heavy atom. The van der Waals surface area contributed by atoms with Crippen molar-refractivity contribution in [3.05, 3.63) is 65.2 Å². The van der Waals surface area contributed by atoms with E-state index >= 15 is 0 Å². The fourth-order valence-corrected chi connectivity index (χ4v) is 4.10. The number of aromatic nitrogens is 3. The van der Waals surface area contributed by atoms with Crippen molar-refractivity contribution < 1.29 is 0 Å². The standard InChI is InChI=1S/C20H20N4/c1-2-4-18-14(3-1)5-6-17(18)13-24-10-9-16(12-24)15-7-8-19-20(11-15)22-23-21-19/h1-4,6-8,11,16H,5,9-10,12-13H2,(H,21,22,23). The number of H-pyrrole nitrogens is 1. The van der Waals surface area contributed by atoms with Crippen molar-refractivity contribution in [2.24, 2.45) is 0 Å². The van der Waals surface area contributed by atoms with Gasteiger partial charge in [-0.15, -0.1) is 0 Å². The summed E-state index contributed by atoms with van der Waals surface area (Å²) in [7, 11) is 0. The Labute approximate surface area is 141 Å². The maximum atomic E-state index is 4.22. The summed E-state index contributed by atoms with van der Waals surface area (Å²) in [5.74, 6) is 0.600. The second kappa shape index (κ2) is 5.56. The number of likely N-dealkylation sites (tertiary alicyclic amines) is 1. The molecule has 1 atom stereocenters. The monoisotopic (exact) mass is 316 g/mol. The molecule has 1 aromatic heterocycles. The van der Waals surface area contributed by atoms with Crippen LogP contribution >= 0.6 is 0 Å². The molecule has 0 bridgehead atoms. The van der Waals surface area contributed by atoms with Crippen LogP contribution in [0.15, 0.2) is 48.5 Å². The molecule has 1 unspecified atom stereocenters. The Balaban J connectivity index is 1.31. The predicted molar refractivity (Wildman–Crippen MR) is 95.8 cm³/mol. The number of benzene rings is 2. The number of rotatable bonds is 3. The predicted octanol–water partition coefficient (Wildman–Crippen LogP) is 3.39. The Morgan fingerprint density at radius 1 is 1.08 bits per heavy atom. The first kappa shape index (κ1) is 13.9. The zero-order chi connectivity index (χ0) is 15.9. The highest BCUT2D eigenvalue weighted by Crippen LogP contribution is 2.32. The lowest BCUT2D eigenvalue weighted by Gasteiger charge is -2.18. The van der Waals surface area contributed by atoms with Crippen molar-refractivity contribution in [3.63, 3.8) is 0 Å². The molecule has 120 valence electrons. The van der Waals surface area contributed by atoms with Crippen LogP contribution in [-0.4, -0.2) is 39.9 Å². The van der Waals surface area contributed by atoms with E-state index in [9.17, 15) is 0 Å². The summed E-state index contributed by atoms with van der Waals surface area (Å²) in [6, 6.07) is 15.3. The van der Waals surface area contributed by atoms with Gasteiger partial charge in [0.2, 0.25) is 0 Å². The first-order valence-corrected chi connectivity index (χ1v) is 8.67. The molecule has 2 aliphatic rings. The van der Waals surface area contributed by atoms with Crippen molar-refractivity contribution in [1.82, 2.24) is 20.3 Å². The molecule has 4 heteroatoms. The number of allylic oxidation sites excluding steroid dienone is 1. The van der Waals surface area contributed by atoms with Gasteiger partial charge >= 0.3 is 0 Å². The second-order valence-electron chi connectivity index (χ2n) is 6.88. The number of nitrogens with zero attached hydrogens (tertiary/aromatic N) is 3. The summed E-state index contributed by atoms with van der Waals surface area (Å²) in [5.41, 5.74) is 7.72. The van der Waals surface area contributed by atoms with E-state index in [1.54, 1.807) is 0 Å². The average molecular weight is 316 g/mol. The van der Waals surface area contributed by atoms with Gasteiger partial charge in [-0.1, -0.05) is 36.4 Å². The van der Waals surface area contributed by atoms with Crippen LogP contribution in [0.2, 0.25) is 0 Å². The van der Waals surface area contributed by atoms with Crippen LogP contribution < -0.4 is 0 Å². The highest BCUT2D eigenvalue weighted by Gasteiger charge is 2.26. The Hall–Kier alpha value is -2.46. The molecule has 5 rings (SSSR count). The Kier molecular flexibility index (Phi) is 3.23. The van der Waals surface area contributed by atoms with Gasteiger partial charge in [-0.05, 0) is 59.7 Å². The summed E-state index contributed by atoms with van der Waals surface area (Å²) in [4.78, 5) is 2.59. The van der Waals surface area contributed by atoms with E-state index in [4.69, 9.17) is 0 Å². The fraction of sp³-hybridized carbons (Fsp3) is 0.300. The number of aromatic amines is 1. The molecule has 2 heterocycles. The van der Waals surface area contributed by atoms with Gasteiger partial charge in [0.1, 0.15) is 11.0 Å². The third-order valence-electron chi connectivity index (χ3n) is 5.41. The second-order valence-corrected chi connectivity index (χ2v) is 6.88. The number of hydrogen-bond donors (Lipinski definition) is 1. The van der Waals surface area contributed by atoms with Gasteiger partial charge in [0.05, 0.1) is 0 Å². The van der Waals surface area contributed by atoms with E-state index in [0.717, 1.165) is 30.5 Å². The largest absolute Gasteiger partial charge is 0.298 e. The van der Waals surface area contributed by atoms with Crippen molar-refractivity contribution in [2.75, 3.05) is 19.6 Å². The van der Waals surface area contributed by atoms with Gasteiger partial charge in [-0.2, -0.15) is 15.4 Å². The van der Waals surface area contributed by atoms with Crippen molar-refractivity contribution in [3.8, 4) is 0 Å². The van der Waals surface area contributed by atoms with Gasteiger partial charge in [-0.25, -0.2) is 0 Å². The van der Waals surface area contributed by atoms with E-state index in [2.05, 4.69) is 68.9 Å². The molecule has 3 aromatic rings. The molecule has 0 saturated carbocycles. The maximum Gasteiger partial charge on any atom is 0.113 e. The molecule has 1 aliphatic heterocycles. The lowest BCUT2D eigenvalue weighted by molar-refractivity contribution is 0.377. The quantitative estimate of drug-likeness (QED) is 0.805. The zero-order valence-corrected chi connectivity index (χ0v) is 13.6. The molecule has 0 radical (unpaired) electrons. The van der Waals surface area contributed by atoms with Crippen molar-refractivity contribution in [1.29, 1.82) is 0 Å². The topological polar surface area (TPSA) is 44.8 Å². The van der Waals surface area contributed by atoms with Gasteiger partial charge in [0.15, 0.2) is 0 Å². The van der Waals surface area contributed by atoms with Crippen LogP contribution in [0.25, 0.3) is 16.6 Å². The van der Waals surface area contributed by atoms with E-state index in [1.165, 1.54) is 35.2 Å². The summed E-state index contributed by atoms with van der Waals surface area (Å²) in [6.45, 7) is 3.36. The van der Waals surface area contributed by atoms with Crippen molar-refractivity contribution >= 4 is 16.6 Å². The van der Waals surface area contributed by atoms with E-state index in [0.29, 0.717) is 5.92 Å². The maximum absolute atomic E-state index is 4.22. The molecule has 0 spiro atoms. The third kappa shape index (κ3) is 2.34. The summed E-state index contributed by atoms with van der Waals surface area (Å²) >= 11 is 0. The minimum atomic E-state index is 0.600. The highest BCUT2D eigenvalue weighted by atomic mass is 15.3. The van der Waals surface area contributed by atoms with Crippen LogP contribution in [0, 0.1) is 0 Å². The van der Waals surface area contributed by atoms with E-state index in [1.807, 2.05) is 0 Å². The van der Waals surface area contributed by atoms with Gasteiger partial charge in [-0.3, -0.25) is 4.90 Å². The molecule has 4 nitrogen and oxygen atoms in total. The lowest BCUT2D eigenvalue weighted by Crippen LogP contribution is -2.22. The van der Waals surface area contributed by atoms with Gasteiger partial charge in [0.25, 0.3) is 0 Å². The third-order valence-corrected chi connectivity index (χ3v) is 5.41. The molecule has 1 fully saturated rings. The Bertz CT molecular complexity index is 924. The number of hydrogen-bond acceptors (Lipinski definition) is 3. The fourth-order valence-electron chi connectivity index (χ4n) is 4.10. The normalized spacial score (nSPS) is 20.5. The van der Waals surface area contributed by atoms with Crippen LogP contribution in [0.3, 0.4) is 0 Å². The first-order valence-electron chi connectivity index (χ1n) is 8.67.